The van der Waals surface area contributed by atoms with Gasteiger partial charge in [-0.2, -0.15) is 0 Å². The van der Waals surface area contributed by atoms with Gasteiger partial charge in [-0.05, 0) is 38.1 Å². The average Bonchev–Trinajstić information content (AvgIpc) is 2.37. The molecule has 0 aliphatic carbocycles. The number of aryl methyl sites for hydroxylation is 1. The van der Waals surface area contributed by atoms with Crippen LogP contribution in [0.5, 0.6) is 0 Å². The molecular weight excluding hydrogens is 276 g/mol. The SMILES string of the molecule is CCNc1cc(C(=O)Nc2cc(F)cc(F)c2)cc(C)n1. The fourth-order valence-corrected chi connectivity index (χ4v) is 1.90. The number of carbonyl (C=O) groups is 1. The van der Waals surface area contributed by atoms with Crippen LogP contribution >= 0.6 is 0 Å². The summed E-state index contributed by atoms with van der Waals surface area (Å²) < 4.78 is 26.2. The van der Waals surface area contributed by atoms with Crippen molar-refractivity contribution in [2.75, 3.05) is 17.2 Å². The van der Waals surface area contributed by atoms with E-state index in [1.165, 1.54) is 0 Å². The van der Waals surface area contributed by atoms with E-state index >= 15 is 0 Å². The van der Waals surface area contributed by atoms with E-state index in [0.29, 0.717) is 23.6 Å². The van der Waals surface area contributed by atoms with Gasteiger partial charge in [-0.1, -0.05) is 0 Å². The Morgan fingerprint density at radius 1 is 1.14 bits per heavy atom. The molecule has 0 atom stereocenters. The molecule has 1 amide bonds. The van der Waals surface area contributed by atoms with Gasteiger partial charge in [0.1, 0.15) is 17.5 Å². The molecule has 0 aliphatic rings. The van der Waals surface area contributed by atoms with E-state index in [1.54, 1.807) is 19.1 Å². The van der Waals surface area contributed by atoms with E-state index in [-0.39, 0.29) is 5.69 Å². The van der Waals surface area contributed by atoms with Crippen molar-refractivity contribution >= 4 is 17.4 Å². The van der Waals surface area contributed by atoms with Crippen LogP contribution in [0.4, 0.5) is 20.3 Å². The van der Waals surface area contributed by atoms with Gasteiger partial charge in [0, 0.05) is 29.6 Å². The molecule has 0 bridgehead atoms. The summed E-state index contributed by atoms with van der Waals surface area (Å²) >= 11 is 0. The number of hydrogen-bond acceptors (Lipinski definition) is 3. The molecule has 0 radical (unpaired) electrons. The predicted molar refractivity (Wildman–Crippen MR) is 77.4 cm³/mol. The molecule has 0 saturated carbocycles. The molecule has 1 heterocycles. The first-order valence-corrected chi connectivity index (χ1v) is 6.48. The highest BCUT2D eigenvalue weighted by Crippen LogP contribution is 2.16. The Morgan fingerprint density at radius 3 is 2.43 bits per heavy atom. The first kappa shape index (κ1) is 14.9. The number of rotatable bonds is 4. The fraction of sp³-hybridized carbons (Fsp3) is 0.200. The predicted octanol–water partition coefficient (Wildman–Crippen LogP) is 3.35. The van der Waals surface area contributed by atoms with Crippen molar-refractivity contribution in [1.82, 2.24) is 4.98 Å². The molecule has 6 heteroatoms. The number of halogens is 2. The van der Waals surface area contributed by atoms with Gasteiger partial charge in [-0.25, -0.2) is 13.8 Å². The van der Waals surface area contributed by atoms with Gasteiger partial charge in [0.05, 0.1) is 0 Å². The molecule has 0 unspecified atom stereocenters. The second kappa shape index (κ2) is 6.30. The number of aromatic nitrogens is 1. The summed E-state index contributed by atoms with van der Waals surface area (Å²) in [6.07, 6.45) is 0. The zero-order valence-corrected chi connectivity index (χ0v) is 11.7. The van der Waals surface area contributed by atoms with E-state index in [4.69, 9.17) is 0 Å². The van der Waals surface area contributed by atoms with Crippen LogP contribution in [0.1, 0.15) is 23.0 Å². The van der Waals surface area contributed by atoms with Crippen LogP contribution < -0.4 is 10.6 Å². The maximum Gasteiger partial charge on any atom is 0.255 e. The van der Waals surface area contributed by atoms with E-state index in [9.17, 15) is 13.6 Å². The number of carbonyl (C=O) groups excluding carboxylic acids is 1. The van der Waals surface area contributed by atoms with Gasteiger partial charge < -0.3 is 10.6 Å². The molecule has 110 valence electrons. The van der Waals surface area contributed by atoms with Gasteiger partial charge in [0.15, 0.2) is 0 Å². The van der Waals surface area contributed by atoms with Crippen molar-refractivity contribution < 1.29 is 13.6 Å². The third-order valence-corrected chi connectivity index (χ3v) is 2.69. The first-order valence-electron chi connectivity index (χ1n) is 6.48. The Hall–Kier alpha value is -2.50. The third-order valence-electron chi connectivity index (χ3n) is 2.69. The van der Waals surface area contributed by atoms with Gasteiger partial charge >= 0.3 is 0 Å². The van der Waals surface area contributed by atoms with Crippen molar-refractivity contribution in [2.24, 2.45) is 0 Å². The summed E-state index contributed by atoms with van der Waals surface area (Å²) in [7, 11) is 0. The van der Waals surface area contributed by atoms with Gasteiger partial charge in [-0.15, -0.1) is 0 Å². The smallest absolute Gasteiger partial charge is 0.255 e. The van der Waals surface area contributed by atoms with Crippen LogP contribution in [0.2, 0.25) is 0 Å². The lowest BCUT2D eigenvalue weighted by atomic mass is 10.2. The zero-order chi connectivity index (χ0) is 15.4. The number of pyridine rings is 1. The number of amides is 1. The standard InChI is InChI=1S/C15H15F2N3O/c1-3-18-14-5-10(4-9(2)19-14)15(21)20-13-7-11(16)6-12(17)8-13/h4-8H,3H2,1-2H3,(H,18,19)(H,20,21). The summed E-state index contributed by atoms with van der Waals surface area (Å²) in [6, 6.07) is 6.04. The van der Waals surface area contributed by atoms with Crippen molar-refractivity contribution in [1.29, 1.82) is 0 Å². The molecule has 0 aliphatic heterocycles. The van der Waals surface area contributed by atoms with E-state index in [2.05, 4.69) is 15.6 Å². The van der Waals surface area contributed by atoms with Crippen molar-refractivity contribution in [3.05, 3.63) is 53.2 Å². The van der Waals surface area contributed by atoms with E-state index in [0.717, 1.165) is 18.2 Å². The van der Waals surface area contributed by atoms with Crippen LogP contribution in [0.15, 0.2) is 30.3 Å². The van der Waals surface area contributed by atoms with Crippen molar-refractivity contribution in [2.45, 2.75) is 13.8 Å². The average molecular weight is 291 g/mol. The maximum absolute atomic E-state index is 13.1. The third kappa shape index (κ3) is 3.98. The molecule has 2 N–H and O–H groups in total. The Kier molecular flexibility index (Phi) is 4.47. The molecule has 0 saturated heterocycles. The Morgan fingerprint density at radius 2 is 1.81 bits per heavy atom. The lowest BCUT2D eigenvalue weighted by Crippen LogP contribution is -2.14. The minimum absolute atomic E-state index is 0.0666. The van der Waals surface area contributed by atoms with Crippen molar-refractivity contribution in [3.8, 4) is 0 Å². The van der Waals surface area contributed by atoms with Gasteiger partial charge in [0.2, 0.25) is 0 Å². The van der Waals surface area contributed by atoms with E-state index in [1.807, 2.05) is 6.92 Å². The number of nitrogens with zero attached hydrogens (tertiary/aromatic N) is 1. The first-order chi connectivity index (χ1) is 9.97. The van der Waals surface area contributed by atoms with Crippen LogP contribution in [0.3, 0.4) is 0 Å². The maximum atomic E-state index is 13.1. The van der Waals surface area contributed by atoms with E-state index < -0.39 is 17.5 Å². The molecule has 21 heavy (non-hydrogen) atoms. The highest BCUT2D eigenvalue weighted by molar-refractivity contribution is 6.04. The normalized spacial score (nSPS) is 10.3. The molecule has 1 aromatic heterocycles. The van der Waals surface area contributed by atoms with Gasteiger partial charge in [-0.3, -0.25) is 4.79 Å². The fourth-order valence-electron chi connectivity index (χ4n) is 1.90. The second-order valence-corrected chi connectivity index (χ2v) is 4.53. The minimum Gasteiger partial charge on any atom is -0.370 e. The molecule has 0 spiro atoms. The topological polar surface area (TPSA) is 54.0 Å². The Labute approximate surface area is 121 Å². The summed E-state index contributed by atoms with van der Waals surface area (Å²) in [4.78, 5) is 16.4. The second-order valence-electron chi connectivity index (χ2n) is 4.53. The number of nitrogens with one attached hydrogen (secondary N) is 2. The van der Waals surface area contributed by atoms with Crippen LogP contribution in [0.25, 0.3) is 0 Å². The lowest BCUT2D eigenvalue weighted by molar-refractivity contribution is 0.102. The zero-order valence-electron chi connectivity index (χ0n) is 11.7. The lowest BCUT2D eigenvalue weighted by Gasteiger charge is -2.09. The number of hydrogen-bond donors (Lipinski definition) is 2. The molecule has 1 aromatic carbocycles. The van der Waals surface area contributed by atoms with Gasteiger partial charge in [0.25, 0.3) is 5.91 Å². The minimum atomic E-state index is -0.746. The highest BCUT2D eigenvalue weighted by atomic mass is 19.1. The Bertz CT molecular complexity index is 654. The van der Waals surface area contributed by atoms with Crippen molar-refractivity contribution in [3.63, 3.8) is 0 Å². The van der Waals surface area contributed by atoms with Crippen LogP contribution in [0, 0.1) is 18.6 Å². The van der Waals surface area contributed by atoms with Crippen LogP contribution in [-0.4, -0.2) is 17.4 Å². The monoisotopic (exact) mass is 291 g/mol. The summed E-state index contributed by atoms with van der Waals surface area (Å²) in [5.74, 6) is -1.37. The quantitative estimate of drug-likeness (QED) is 0.908. The molecule has 2 aromatic rings. The molecule has 4 nitrogen and oxygen atoms in total. The van der Waals surface area contributed by atoms with Crippen LogP contribution in [-0.2, 0) is 0 Å². The Balaban J connectivity index is 2.23. The summed E-state index contributed by atoms with van der Waals surface area (Å²) in [6.45, 7) is 4.35. The number of benzene rings is 1. The number of anilines is 2. The highest BCUT2D eigenvalue weighted by Gasteiger charge is 2.10. The summed E-state index contributed by atoms with van der Waals surface area (Å²) in [5.41, 5.74) is 1.10. The molecular formula is C15H15F2N3O. The largest absolute Gasteiger partial charge is 0.370 e. The molecule has 0 fully saturated rings. The molecule has 2 rings (SSSR count). The summed E-state index contributed by atoms with van der Waals surface area (Å²) in [5, 5.41) is 5.48.